The average Bonchev–Trinajstić information content (AvgIpc) is 2.78. The van der Waals surface area contributed by atoms with Gasteiger partial charge in [-0.15, -0.1) is 0 Å². The number of hydrogen-bond donors (Lipinski definition) is 0. The van der Waals surface area contributed by atoms with Gasteiger partial charge in [0.05, 0.1) is 13.2 Å². The van der Waals surface area contributed by atoms with Gasteiger partial charge < -0.3 is 9.64 Å². The van der Waals surface area contributed by atoms with Gasteiger partial charge in [0, 0.05) is 38.1 Å². The first-order chi connectivity index (χ1) is 7.68. The first-order valence-electron chi connectivity index (χ1n) is 6.29. The molecule has 2 fully saturated rings. The molecule has 0 aromatic rings. The molecule has 16 heavy (non-hydrogen) atoms. The SMILES string of the molecule is CC(C)C(=O)N1CCC(N2CCOCC2)C1. The third kappa shape index (κ3) is 2.55. The predicted octanol–water partition coefficient (Wildman–Crippen LogP) is 0.575. The molecule has 2 saturated heterocycles. The van der Waals surface area contributed by atoms with Crippen molar-refractivity contribution >= 4 is 5.91 Å². The van der Waals surface area contributed by atoms with Gasteiger partial charge >= 0.3 is 0 Å². The molecule has 0 aromatic carbocycles. The van der Waals surface area contributed by atoms with Gasteiger partial charge in [0.15, 0.2) is 0 Å². The van der Waals surface area contributed by atoms with E-state index in [1.807, 2.05) is 18.7 Å². The standard InChI is InChI=1S/C12H22N2O2/c1-10(2)12(15)14-4-3-11(9-14)13-5-7-16-8-6-13/h10-11H,3-9H2,1-2H3. The molecule has 0 radical (unpaired) electrons. The third-order valence-corrected chi connectivity index (χ3v) is 3.53. The molecular formula is C12H22N2O2. The molecule has 2 aliphatic rings. The van der Waals surface area contributed by atoms with Crippen molar-refractivity contribution in [2.24, 2.45) is 5.92 Å². The molecule has 0 bridgehead atoms. The fourth-order valence-electron chi connectivity index (χ4n) is 2.55. The van der Waals surface area contributed by atoms with Crippen LogP contribution in [0.5, 0.6) is 0 Å². The second-order valence-electron chi connectivity index (χ2n) is 5.03. The van der Waals surface area contributed by atoms with Crippen molar-refractivity contribution in [1.82, 2.24) is 9.80 Å². The van der Waals surface area contributed by atoms with Crippen LogP contribution in [-0.2, 0) is 9.53 Å². The van der Waals surface area contributed by atoms with Crippen LogP contribution in [0.25, 0.3) is 0 Å². The van der Waals surface area contributed by atoms with E-state index < -0.39 is 0 Å². The van der Waals surface area contributed by atoms with Crippen molar-refractivity contribution in [3.05, 3.63) is 0 Å². The van der Waals surface area contributed by atoms with Crippen LogP contribution in [-0.4, -0.2) is 61.1 Å². The summed E-state index contributed by atoms with van der Waals surface area (Å²) >= 11 is 0. The number of rotatable bonds is 2. The number of nitrogens with zero attached hydrogens (tertiary/aromatic N) is 2. The topological polar surface area (TPSA) is 32.8 Å². The molecule has 0 N–H and O–H groups in total. The van der Waals surface area contributed by atoms with Crippen LogP contribution in [0, 0.1) is 5.92 Å². The maximum atomic E-state index is 11.9. The highest BCUT2D eigenvalue weighted by Crippen LogP contribution is 2.18. The monoisotopic (exact) mass is 226 g/mol. The maximum absolute atomic E-state index is 11.9. The van der Waals surface area contributed by atoms with E-state index in [4.69, 9.17) is 4.74 Å². The van der Waals surface area contributed by atoms with Crippen molar-refractivity contribution in [2.45, 2.75) is 26.3 Å². The largest absolute Gasteiger partial charge is 0.379 e. The Labute approximate surface area is 97.5 Å². The quantitative estimate of drug-likeness (QED) is 0.690. The van der Waals surface area contributed by atoms with Crippen molar-refractivity contribution in [3.8, 4) is 0 Å². The zero-order valence-electron chi connectivity index (χ0n) is 10.3. The number of amides is 1. The molecule has 1 unspecified atom stereocenters. The Morgan fingerprint density at radius 3 is 2.56 bits per heavy atom. The van der Waals surface area contributed by atoms with Gasteiger partial charge in [-0.05, 0) is 6.42 Å². The van der Waals surface area contributed by atoms with Crippen LogP contribution in [0.4, 0.5) is 0 Å². The molecule has 92 valence electrons. The minimum Gasteiger partial charge on any atom is -0.379 e. The van der Waals surface area contributed by atoms with E-state index in [1.54, 1.807) is 0 Å². The number of carbonyl (C=O) groups is 1. The van der Waals surface area contributed by atoms with E-state index in [9.17, 15) is 4.79 Å². The highest BCUT2D eigenvalue weighted by Gasteiger charge is 2.31. The molecule has 4 heteroatoms. The summed E-state index contributed by atoms with van der Waals surface area (Å²) in [7, 11) is 0. The molecule has 2 aliphatic heterocycles. The lowest BCUT2D eigenvalue weighted by Crippen LogP contribution is -2.45. The number of morpholine rings is 1. The number of hydrogen-bond acceptors (Lipinski definition) is 3. The van der Waals surface area contributed by atoms with E-state index in [1.165, 1.54) is 0 Å². The van der Waals surface area contributed by atoms with E-state index in [0.717, 1.165) is 45.8 Å². The van der Waals surface area contributed by atoms with E-state index in [0.29, 0.717) is 11.9 Å². The molecule has 2 heterocycles. The summed E-state index contributed by atoms with van der Waals surface area (Å²) in [5.74, 6) is 0.430. The zero-order chi connectivity index (χ0) is 11.5. The molecule has 1 atom stereocenters. The summed E-state index contributed by atoms with van der Waals surface area (Å²) in [4.78, 5) is 16.3. The Hall–Kier alpha value is -0.610. The van der Waals surface area contributed by atoms with Gasteiger partial charge in [0.1, 0.15) is 0 Å². The highest BCUT2D eigenvalue weighted by molar-refractivity contribution is 5.78. The fourth-order valence-corrected chi connectivity index (χ4v) is 2.55. The first-order valence-corrected chi connectivity index (χ1v) is 6.29. The van der Waals surface area contributed by atoms with Crippen LogP contribution in [0.15, 0.2) is 0 Å². The van der Waals surface area contributed by atoms with Crippen molar-refractivity contribution in [3.63, 3.8) is 0 Å². The van der Waals surface area contributed by atoms with Gasteiger partial charge in [-0.1, -0.05) is 13.8 Å². The van der Waals surface area contributed by atoms with Crippen LogP contribution in [0.3, 0.4) is 0 Å². The van der Waals surface area contributed by atoms with Gasteiger partial charge in [-0.25, -0.2) is 0 Å². The first kappa shape index (κ1) is 11.9. The summed E-state index contributed by atoms with van der Waals surface area (Å²) in [6.07, 6.45) is 1.12. The summed E-state index contributed by atoms with van der Waals surface area (Å²) in [5, 5.41) is 0. The zero-order valence-corrected chi connectivity index (χ0v) is 10.3. The van der Waals surface area contributed by atoms with Gasteiger partial charge in [0.25, 0.3) is 0 Å². The van der Waals surface area contributed by atoms with Gasteiger partial charge in [-0.2, -0.15) is 0 Å². The molecule has 0 aromatic heterocycles. The smallest absolute Gasteiger partial charge is 0.225 e. The summed E-state index contributed by atoms with van der Waals surface area (Å²) in [5.41, 5.74) is 0. The van der Waals surface area contributed by atoms with E-state index in [-0.39, 0.29) is 5.92 Å². The summed E-state index contributed by atoms with van der Waals surface area (Å²) < 4.78 is 5.35. The fraction of sp³-hybridized carbons (Fsp3) is 0.917. The van der Waals surface area contributed by atoms with Crippen LogP contribution >= 0.6 is 0 Å². The minimum atomic E-state index is 0.128. The van der Waals surface area contributed by atoms with Crippen LogP contribution in [0.1, 0.15) is 20.3 Å². The Morgan fingerprint density at radius 1 is 1.25 bits per heavy atom. The lowest BCUT2D eigenvalue weighted by Gasteiger charge is -2.32. The Bertz CT molecular complexity index is 249. The van der Waals surface area contributed by atoms with Crippen molar-refractivity contribution < 1.29 is 9.53 Å². The molecule has 4 nitrogen and oxygen atoms in total. The Balaban J connectivity index is 1.85. The predicted molar refractivity (Wildman–Crippen MR) is 62.2 cm³/mol. The van der Waals surface area contributed by atoms with E-state index >= 15 is 0 Å². The van der Waals surface area contributed by atoms with Gasteiger partial charge in [-0.3, -0.25) is 9.69 Å². The second kappa shape index (κ2) is 5.15. The van der Waals surface area contributed by atoms with E-state index in [2.05, 4.69) is 4.90 Å². The Kier molecular flexibility index (Phi) is 3.82. The van der Waals surface area contributed by atoms with Crippen LogP contribution < -0.4 is 0 Å². The van der Waals surface area contributed by atoms with Crippen molar-refractivity contribution in [1.29, 1.82) is 0 Å². The highest BCUT2D eigenvalue weighted by atomic mass is 16.5. The normalized spacial score (nSPS) is 27.7. The molecule has 0 aliphatic carbocycles. The molecule has 1 amide bonds. The minimum absolute atomic E-state index is 0.128. The molecule has 2 rings (SSSR count). The number of ether oxygens (including phenoxy) is 1. The molecule has 0 saturated carbocycles. The lowest BCUT2D eigenvalue weighted by atomic mass is 10.2. The number of likely N-dealkylation sites (tertiary alicyclic amines) is 1. The maximum Gasteiger partial charge on any atom is 0.225 e. The average molecular weight is 226 g/mol. The second-order valence-corrected chi connectivity index (χ2v) is 5.03. The number of carbonyl (C=O) groups excluding carboxylic acids is 1. The summed E-state index contributed by atoms with van der Waals surface area (Å²) in [6.45, 7) is 9.52. The summed E-state index contributed by atoms with van der Waals surface area (Å²) in [6, 6.07) is 0.562. The molecule has 0 spiro atoms. The Morgan fingerprint density at radius 2 is 1.94 bits per heavy atom. The van der Waals surface area contributed by atoms with Gasteiger partial charge in [0.2, 0.25) is 5.91 Å². The third-order valence-electron chi connectivity index (χ3n) is 3.53. The van der Waals surface area contributed by atoms with Crippen LogP contribution in [0.2, 0.25) is 0 Å². The van der Waals surface area contributed by atoms with Crippen molar-refractivity contribution in [2.75, 3.05) is 39.4 Å². The lowest BCUT2D eigenvalue weighted by molar-refractivity contribution is -0.133. The molecular weight excluding hydrogens is 204 g/mol.